The number of fused-ring (bicyclic) bond motifs is 1. The van der Waals surface area contributed by atoms with Gasteiger partial charge in [-0.3, -0.25) is 9.59 Å². The van der Waals surface area contributed by atoms with Crippen LogP contribution in [0.4, 0.5) is 10.1 Å². The maximum absolute atomic E-state index is 13.7. The maximum Gasteiger partial charge on any atom is 0.224 e. The number of hydrogen-bond donors (Lipinski definition) is 1. The standard InChI is InChI=1S/C13H11ClFNO2/c14-7-10(17)3-1-8-5-9-2-4-13(18)16-12(9)6-11(8)15/h1,3,5-6H,2,4,7H2,(H,16,18). The lowest BCUT2D eigenvalue weighted by Gasteiger charge is -2.17. The number of amides is 1. The van der Waals surface area contributed by atoms with E-state index in [9.17, 15) is 14.0 Å². The fourth-order valence-corrected chi connectivity index (χ4v) is 1.87. The molecule has 5 heteroatoms. The zero-order chi connectivity index (χ0) is 13.1. The van der Waals surface area contributed by atoms with Gasteiger partial charge >= 0.3 is 0 Å². The molecule has 0 fully saturated rings. The lowest BCUT2D eigenvalue weighted by Crippen LogP contribution is -2.19. The van der Waals surface area contributed by atoms with Crippen molar-refractivity contribution in [3.63, 3.8) is 0 Å². The third-order valence-electron chi connectivity index (χ3n) is 2.70. The van der Waals surface area contributed by atoms with Gasteiger partial charge in [0.15, 0.2) is 5.78 Å². The van der Waals surface area contributed by atoms with Gasteiger partial charge < -0.3 is 5.32 Å². The van der Waals surface area contributed by atoms with Crippen molar-refractivity contribution in [2.75, 3.05) is 11.2 Å². The predicted octanol–water partition coefficient (Wildman–Crippen LogP) is 2.53. The third-order valence-corrected chi connectivity index (χ3v) is 2.96. The van der Waals surface area contributed by atoms with Crippen molar-refractivity contribution in [2.45, 2.75) is 12.8 Å². The first kappa shape index (κ1) is 12.8. The first-order valence-corrected chi connectivity index (χ1v) is 6.03. The average Bonchev–Trinajstić information content (AvgIpc) is 2.35. The molecule has 0 aliphatic carbocycles. The van der Waals surface area contributed by atoms with Crippen molar-refractivity contribution in [1.29, 1.82) is 0 Å². The van der Waals surface area contributed by atoms with Crippen LogP contribution in [0.5, 0.6) is 0 Å². The Morgan fingerprint density at radius 2 is 2.22 bits per heavy atom. The van der Waals surface area contributed by atoms with Crippen LogP contribution in [0.25, 0.3) is 6.08 Å². The van der Waals surface area contributed by atoms with Gasteiger partial charge in [0.25, 0.3) is 0 Å². The fraction of sp³-hybridized carbons (Fsp3) is 0.231. The Balaban J connectivity index is 2.31. The molecule has 1 heterocycles. The van der Waals surface area contributed by atoms with Crippen LogP contribution >= 0.6 is 11.6 Å². The van der Waals surface area contributed by atoms with E-state index in [4.69, 9.17) is 11.6 Å². The topological polar surface area (TPSA) is 46.2 Å². The number of anilines is 1. The summed E-state index contributed by atoms with van der Waals surface area (Å²) in [5.74, 6) is -0.988. The molecule has 1 amide bonds. The predicted molar refractivity (Wildman–Crippen MR) is 68.1 cm³/mol. The Morgan fingerprint density at radius 1 is 1.44 bits per heavy atom. The highest BCUT2D eigenvalue weighted by atomic mass is 35.5. The van der Waals surface area contributed by atoms with E-state index in [1.165, 1.54) is 18.2 Å². The molecule has 1 aliphatic rings. The molecule has 1 aromatic rings. The van der Waals surface area contributed by atoms with Crippen molar-refractivity contribution >= 4 is 35.1 Å². The molecular weight excluding hydrogens is 257 g/mol. The molecule has 0 bridgehead atoms. The molecule has 0 radical (unpaired) electrons. The van der Waals surface area contributed by atoms with Crippen molar-refractivity contribution < 1.29 is 14.0 Å². The van der Waals surface area contributed by atoms with Gasteiger partial charge in [-0.25, -0.2) is 4.39 Å². The Bertz CT molecular complexity index is 540. The normalized spacial score (nSPS) is 14.4. The van der Waals surface area contributed by atoms with Crippen LogP contribution < -0.4 is 5.32 Å². The first-order valence-electron chi connectivity index (χ1n) is 5.49. The van der Waals surface area contributed by atoms with Crippen LogP contribution in [0.2, 0.25) is 0 Å². The highest BCUT2D eigenvalue weighted by Crippen LogP contribution is 2.26. The highest BCUT2D eigenvalue weighted by Gasteiger charge is 2.16. The van der Waals surface area contributed by atoms with Gasteiger partial charge in [-0.1, -0.05) is 0 Å². The number of benzene rings is 1. The molecule has 18 heavy (non-hydrogen) atoms. The van der Waals surface area contributed by atoms with Crippen LogP contribution in [0, 0.1) is 5.82 Å². The molecule has 0 saturated heterocycles. The zero-order valence-corrected chi connectivity index (χ0v) is 10.3. The summed E-state index contributed by atoms with van der Waals surface area (Å²) in [6.45, 7) is 0. The SMILES string of the molecule is O=C(C=Cc1cc2c(cc1F)NC(=O)CC2)CCl. The quantitative estimate of drug-likeness (QED) is 0.676. The minimum atomic E-state index is -0.477. The van der Waals surface area contributed by atoms with E-state index in [0.29, 0.717) is 24.1 Å². The summed E-state index contributed by atoms with van der Waals surface area (Å²) in [6, 6.07) is 2.92. The second-order valence-corrected chi connectivity index (χ2v) is 4.28. The number of halogens is 2. The lowest BCUT2D eigenvalue weighted by molar-refractivity contribution is -0.116. The summed E-state index contributed by atoms with van der Waals surface area (Å²) in [7, 11) is 0. The smallest absolute Gasteiger partial charge is 0.224 e. The van der Waals surface area contributed by atoms with Crippen LogP contribution in [0.15, 0.2) is 18.2 Å². The van der Waals surface area contributed by atoms with Crippen LogP contribution in [-0.2, 0) is 16.0 Å². The van der Waals surface area contributed by atoms with E-state index in [2.05, 4.69) is 5.32 Å². The van der Waals surface area contributed by atoms with Crippen molar-refractivity contribution in [3.8, 4) is 0 Å². The number of carbonyl (C=O) groups excluding carboxylic acids is 2. The number of alkyl halides is 1. The summed E-state index contributed by atoms with van der Waals surface area (Å²) in [5.41, 5.74) is 1.70. The van der Waals surface area contributed by atoms with Gasteiger partial charge in [-0.2, -0.15) is 0 Å². The molecule has 1 aromatic carbocycles. The van der Waals surface area contributed by atoms with E-state index in [1.807, 2.05) is 0 Å². The molecule has 0 unspecified atom stereocenters. The summed E-state index contributed by atoms with van der Waals surface area (Å²) >= 11 is 5.35. The molecule has 94 valence electrons. The van der Waals surface area contributed by atoms with E-state index in [1.54, 1.807) is 6.07 Å². The summed E-state index contributed by atoms with van der Waals surface area (Å²) in [5, 5.41) is 2.61. The van der Waals surface area contributed by atoms with E-state index in [-0.39, 0.29) is 17.6 Å². The summed E-state index contributed by atoms with van der Waals surface area (Å²) in [6.07, 6.45) is 3.62. The second kappa shape index (κ2) is 5.31. The fourth-order valence-electron chi connectivity index (χ4n) is 1.78. The monoisotopic (exact) mass is 267 g/mol. The Kier molecular flexibility index (Phi) is 3.77. The van der Waals surface area contributed by atoms with E-state index < -0.39 is 5.82 Å². The number of hydrogen-bond acceptors (Lipinski definition) is 2. The molecular formula is C13H11ClFNO2. The number of rotatable bonds is 3. The van der Waals surface area contributed by atoms with Crippen molar-refractivity contribution in [1.82, 2.24) is 0 Å². The number of carbonyl (C=O) groups is 2. The molecule has 0 aromatic heterocycles. The third kappa shape index (κ3) is 2.76. The second-order valence-electron chi connectivity index (χ2n) is 4.01. The largest absolute Gasteiger partial charge is 0.326 e. The van der Waals surface area contributed by atoms with Crippen LogP contribution in [-0.4, -0.2) is 17.6 Å². The summed E-state index contributed by atoms with van der Waals surface area (Å²) < 4.78 is 13.7. The molecule has 1 N–H and O–H groups in total. The highest BCUT2D eigenvalue weighted by molar-refractivity contribution is 6.29. The minimum Gasteiger partial charge on any atom is -0.326 e. The van der Waals surface area contributed by atoms with Gasteiger partial charge in [0.1, 0.15) is 5.82 Å². The van der Waals surface area contributed by atoms with Gasteiger partial charge in [-0.05, 0) is 36.3 Å². The van der Waals surface area contributed by atoms with Gasteiger partial charge in [-0.15, -0.1) is 11.6 Å². The number of nitrogens with one attached hydrogen (secondary N) is 1. The molecule has 0 atom stereocenters. The molecule has 2 rings (SSSR count). The van der Waals surface area contributed by atoms with E-state index in [0.717, 1.165) is 5.56 Å². The average molecular weight is 268 g/mol. The van der Waals surface area contributed by atoms with Crippen molar-refractivity contribution in [3.05, 3.63) is 35.2 Å². The van der Waals surface area contributed by atoms with Gasteiger partial charge in [0, 0.05) is 17.7 Å². The molecule has 1 aliphatic heterocycles. The number of ketones is 1. The summed E-state index contributed by atoms with van der Waals surface area (Å²) in [4.78, 5) is 22.2. The van der Waals surface area contributed by atoms with Crippen LogP contribution in [0.1, 0.15) is 17.5 Å². The minimum absolute atomic E-state index is 0.109. The molecule has 3 nitrogen and oxygen atoms in total. The Hall–Kier alpha value is -1.68. The Morgan fingerprint density at radius 3 is 2.94 bits per heavy atom. The Labute approximate surface area is 109 Å². The lowest BCUT2D eigenvalue weighted by atomic mass is 9.99. The van der Waals surface area contributed by atoms with E-state index >= 15 is 0 Å². The van der Waals surface area contributed by atoms with Gasteiger partial charge in [0.2, 0.25) is 5.91 Å². The number of allylic oxidation sites excluding steroid dienone is 1. The van der Waals surface area contributed by atoms with Crippen molar-refractivity contribution in [2.24, 2.45) is 0 Å². The van der Waals surface area contributed by atoms with Gasteiger partial charge in [0.05, 0.1) is 5.88 Å². The first-order chi connectivity index (χ1) is 8.60. The molecule has 0 spiro atoms. The maximum atomic E-state index is 13.7. The zero-order valence-electron chi connectivity index (χ0n) is 9.50. The molecule has 0 saturated carbocycles. The van der Waals surface area contributed by atoms with Crippen LogP contribution in [0.3, 0.4) is 0 Å². The number of aryl methyl sites for hydroxylation is 1.